The van der Waals surface area contributed by atoms with Crippen molar-refractivity contribution in [2.75, 3.05) is 18.0 Å². The van der Waals surface area contributed by atoms with Gasteiger partial charge in [-0.25, -0.2) is 9.97 Å². The molecule has 0 unspecified atom stereocenters. The van der Waals surface area contributed by atoms with Gasteiger partial charge in [0.05, 0.1) is 16.6 Å². The Bertz CT molecular complexity index is 1890. The Morgan fingerprint density at radius 3 is 2.41 bits per heavy atom. The number of aromatic hydroxyl groups is 1. The van der Waals surface area contributed by atoms with Crippen LogP contribution in [0.25, 0.3) is 38.5 Å². The van der Waals surface area contributed by atoms with Gasteiger partial charge in [-0.2, -0.15) is 13.2 Å². The molecule has 0 saturated carbocycles. The second-order valence-corrected chi connectivity index (χ2v) is 9.52. The predicted molar refractivity (Wildman–Crippen MR) is 144 cm³/mol. The van der Waals surface area contributed by atoms with Crippen LogP contribution in [0, 0.1) is 0 Å². The average molecular weight is 527 g/mol. The van der Waals surface area contributed by atoms with Crippen molar-refractivity contribution < 1.29 is 23.0 Å². The topological polar surface area (TPSA) is 63.4 Å². The normalized spacial score (nSPS) is 13.8. The summed E-state index contributed by atoms with van der Waals surface area (Å²) in [4.78, 5) is 11.2. The van der Waals surface area contributed by atoms with Crippen molar-refractivity contribution in [3.63, 3.8) is 0 Å². The zero-order valence-electron chi connectivity index (χ0n) is 20.5. The molecule has 0 radical (unpaired) electrons. The fourth-order valence-corrected chi connectivity index (χ4v) is 5.17. The van der Waals surface area contributed by atoms with Crippen LogP contribution in [0.2, 0.25) is 0 Å². The second-order valence-electron chi connectivity index (χ2n) is 9.52. The lowest BCUT2D eigenvalue weighted by Crippen LogP contribution is -2.37. The van der Waals surface area contributed by atoms with Gasteiger partial charge in [0, 0.05) is 59.3 Å². The van der Waals surface area contributed by atoms with E-state index in [0.717, 1.165) is 58.5 Å². The van der Waals surface area contributed by atoms with Crippen LogP contribution in [0.4, 0.5) is 18.9 Å². The molecule has 3 aromatic heterocycles. The Morgan fingerprint density at radius 2 is 1.62 bits per heavy atom. The first-order valence-corrected chi connectivity index (χ1v) is 12.5. The molecule has 0 spiro atoms. The first kappa shape index (κ1) is 23.3. The monoisotopic (exact) mass is 526 g/mol. The SMILES string of the molecule is Oc1ccc(C(F)(F)F)c2ccc(Oc3ccc4c5ccccc5n(-c5cc(N6CCC6)ccn5)c4c3)nc12. The van der Waals surface area contributed by atoms with Crippen LogP contribution in [0.3, 0.4) is 0 Å². The molecule has 39 heavy (non-hydrogen) atoms. The molecule has 0 atom stereocenters. The number of anilines is 1. The summed E-state index contributed by atoms with van der Waals surface area (Å²) in [6.45, 7) is 2.04. The number of hydrogen-bond donors (Lipinski definition) is 1. The van der Waals surface area contributed by atoms with Crippen molar-refractivity contribution in [1.82, 2.24) is 14.5 Å². The Labute approximate surface area is 220 Å². The maximum absolute atomic E-state index is 13.5. The van der Waals surface area contributed by atoms with E-state index < -0.39 is 11.7 Å². The number of benzene rings is 3. The first-order chi connectivity index (χ1) is 18.9. The van der Waals surface area contributed by atoms with E-state index >= 15 is 0 Å². The van der Waals surface area contributed by atoms with Crippen LogP contribution in [0.1, 0.15) is 12.0 Å². The van der Waals surface area contributed by atoms with Crippen molar-refractivity contribution in [2.24, 2.45) is 0 Å². The number of hydrogen-bond acceptors (Lipinski definition) is 5. The fourth-order valence-electron chi connectivity index (χ4n) is 5.17. The molecule has 4 heterocycles. The van der Waals surface area contributed by atoms with Crippen LogP contribution in [0.5, 0.6) is 17.4 Å². The van der Waals surface area contributed by atoms with Crippen LogP contribution in [-0.4, -0.2) is 32.7 Å². The zero-order chi connectivity index (χ0) is 26.7. The molecule has 0 aliphatic carbocycles. The standard InChI is InChI=1S/C30H21F3N4O2/c31-30(32,33)23-9-10-26(38)29-22(23)8-11-28(35-29)39-19-6-7-21-20-4-1-2-5-24(20)37(25(21)17-19)27-16-18(12-13-34-27)36-14-3-15-36/h1-2,4-13,16-17,38H,3,14-15H2. The molecule has 1 aliphatic rings. The van der Waals surface area contributed by atoms with Crippen molar-refractivity contribution in [3.05, 3.63) is 90.6 Å². The molecule has 6 nitrogen and oxygen atoms in total. The van der Waals surface area contributed by atoms with Gasteiger partial charge in [0.1, 0.15) is 22.8 Å². The highest BCUT2D eigenvalue weighted by Crippen LogP contribution is 2.39. The van der Waals surface area contributed by atoms with Crippen LogP contribution in [0.15, 0.2) is 85.1 Å². The number of aromatic nitrogens is 3. The van der Waals surface area contributed by atoms with E-state index in [9.17, 15) is 18.3 Å². The predicted octanol–water partition coefficient (Wildman–Crippen LogP) is 7.45. The zero-order valence-corrected chi connectivity index (χ0v) is 20.5. The summed E-state index contributed by atoms with van der Waals surface area (Å²) in [5.41, 5.74) is 1.93. The lowest BCUT2D eigenvalue weighted by atomic mass is 10.1. The van der Waals surface area contributed by atoms with Gasteiger partial charge in [0.2, 0.25) is 5.88 Å². The van der Waals surface area contributed by atoms with Gasteiger partial charge in [-0.05, 0) is 48.9 Å². The number of phenols is 1. The van der Waals surface area contributed by atoms with E-state index in [1.54, 1.807) is 6.07 Å². The third-order valence-electron chi connectivity index (χ3n) is 7.16. The van der Waals surface area contributed by atoms with Crippen molar-refractivity contribution >= 4 is 38.4 Å². The second kappa shape index (κ2) is 8.62. The summed E-state index contributed by atoms with van der Waals surface area (Å²) in [7, 11) is 0. The molecule has 7 rings (SSSR count). The molecule has 9 heteroatoms. The Morgan fingerprint density at radius 1 is 0.821 bits per heavy atom. The number of phenolic OH excluding ortho intramolecular Hbond substituents is 1. The molecule has 1 fully saturated rings. The van der Waals surface area contributed by atoms with Crippen molar-refractivity contribution in [3.8, 4) is 23.2 Å². The minimum absolute atomic E-state index is 0.0667. The maximum atomic E-state index is 13.5. The average Bonchev–Trinajstić information content (AvgIpc) is 3.21. The van der Waals surface area contributed by atoms with E-state index in [1.165, 1.54) is 18.6 Å². The number of halogens is 3. The van der Waals surface area contributed by atoms with E-state index in [2.05, 4.69) is 31.6 Å². The Balaban J connectivity index is 1.34. The smallest absolute Gasteiger partial charge is 0.417 e. The largest absolute Gasteiger partial charge is 0.506 e. The molecular formula is C30H21F3N4O2. The summed E-state index contributed by atoms with van der Waals surface area (Å²) in [6.07, 6.45) is -1.59. The third kappa shape index (κ3) is 3.89. The van der Waals surface area contributed by atoms with Gasteiger partial charge in [-0.15, -0.1) is 0 Å². The van der Waals surface area contributed by atoms with Gasteiger partial charge in [0.15, 0.2) is 0 Å². The summed E-state index contributed by atoms with van der Waals surface area (Å²) < 4.78 is 48.4. The number of para-hydroxylation sites is 1. The number of rotatable bonds is 4. The first-order valence-electron chi connectivity index (χ1n) is 12.5. The van der Waals surface area contributed by atoms with Crippen LogP contribution < -0.4 is 9.64 Å². The number of fused-ring (bicyclic) bond motifs is 4. The quantitative estimate of drug-likeness (QED) is 0.258. The minimum atomic E-state index is -4.57. The van der Waals surface area contributed by atoms with Gasteiger partial charge < -0.3 is 14.7 Å². The highest BCUT2D eigenvalue weighted by atomic mass is 19.4. The highest BCUT2D eigenvalue weighted by molar-refractivity contribution is 6.09. The van der Waals surface area contributed by atoms with Gasteiger partial charge in [-0.3, -0.25) is 4.57 Å². The van der Waals surface area contributed by atoms with E-state index in [-0.39, 0.29) is 22.5 Å². The molecule has 1 aliphatic heterocycles. The number of pyridine rings is 2. The molecule has 1 N–H and O–H groups in total. The van der Waals surface area contributed by atoms with Crippen LogP contribution in [-0.2, 0) is 6.18 Å². The molecule has 0 amide bonds. The minimum Gasteiger partial charge on any atom is -0.506 e. The summed E-state index contributed by atoms with van der Waals surface area (Å²) in [6, 6.07) is 22.2. The van der Waals surface area contributed by atoms with Gasteiger partial charge >= 0.3 is 6.18 Å². The summed E-state index contributed by atoms with van der Waals surface area (Å²) in [5.74, 6) is 0.934. The number of ether oxygens (including phenoxy) is 1. The van der Waals surface area contributed by atoms with Gasteiger partial charge in [0.25, 0.3) is 0 Å². The van der Waals surface area contributed by atoms with E-state index in [4.69, 9.17) is 4.74 Å². The van der Waals surface area contributed by atoms with Crippen molar-refractivity contribution in [2.45, 2.75) is 12.6 Å². The Hall–Kier alpha value is -4.79. The van der Waals surface area contributed by atoms with E-state index in [1.807, 2.05) is 42.6 Å². The fraction of sp³-hybridized carbons (Fsp3) is 0.133. The molecule has 6 aromatic rings. The molecule has 1 saturated heterocycles. The van der Waals surface area contributed by atoms with Crippen molar-refractivity contribution in [1.29, 1.82) is 0 Å². The number of alkyl halides is 3. The molecule has 194 valence electrons. The summed E-state index contributed by atoms with van der Waals surface area (Å²) >= 11 is 0. The molecular weight excluding hydrogens is 505 g/mol. The Kier molecular flexibility index (Phi) is 5.16. The molecule has 0 bridgehead atoms. The summed E-state index contributed by atoms with van der Waals surface area (Å²) in [5, 5.41) is 12.1. The highest BCUT2D eigenvalue weighted by Gasteiger charge is 2.33. The number of nitrogens with zero attached hydrogens (tertiary/aromatic N) is 4. The maximum Gasteiger partial charge on any atom is 0.417 e. The lowest BCUT2D eigenvalue weighted by molar-refractivity contribution is -0.136. The van der Waals surface area contributed by atoms with Crippen LogP contribution >= 0.6 is 0 Å². The molecule has 3 aromatic carbocycles. The third-order valence-corrected chi connectivity index (χ3v) is 7.16. The van der Waals surface area contributed by atoms with Gasteiger partial charge in [-0.1, -0.05) is 18.2 Å². The lowest BCUT2D eigenvalue weighted by Gasteiger charge is -2.33. The van der Waals surface area contributed by atoms with E-state index in [0.29, 0.717) is 5.75 Å².